The molecule has 0 unspecified atom stereocenters. The molecule has 0 fully saturated rings. The molecule has 0 saturated heterocycles. The van der Waals surface area contributed by atoms with Gasteiger partial charge >= 0.3 is 0 Å². The van der Waals surface area contributed by atoms with Crippen molar-refractivity contribution in [3.05, 3.63) is 65.0 Å². The van der Waals surface area contributed by atoms with Crippen LogP contribution in [0.4, 0.5) is 0 Å². The lowest BCUT2D eigenvalue weighted by Crippen LogP contribution is -1.94. The lowest BCUT2D eigenvalue weighted by Gasteiger charge is -2.06. The Kier molecular flexibility index (Phi) is 3.52. The highest BCUT2D eigenvalue weighted by molar-refractivity contribution is 7.20. The van der Waals surface area contributed by atoms with E-state index in [4.69, 9.17) is 4.74 Å². The van der Waals surface area contributed by atoms with Gasteiger partial charge in [0.15, 0.2) is 5.78 Å². The predicted molar refractivity (Wildman–Crippen MR) is 82.6 cm³/mol. The lowest BCUT2D eigenvalue weighted by molar-refractivity contribution is 0.102. The maximum absolute atomic E-state index is 11.4. The minimum Gasteiger partial charge on any atom is -0.489 e. The molecule has 3 rings (SSSR count). The van der Waals surface area contributed by atoms with Crippen molar-refractivity contribution in [3.63, 3.8) is 0 Å². The zero-order valence-corrected chi connectivity index (χ0v) is 11.9. The van der Waals surface area contributed by atoms with E-state index in [1.807, 2.05) is 54.6 Å². The fraction of sp³-hybridized carbons (Fsp3) is 0.118. The number of hydrogen-bond acceptors (Lipinski definition) is 3. The summed E-state index contributed by atoms with van der Waals surface area (Å²) < 4.78 is 6.88. The van der Waals surface area contributed by atoms with Crippen molar-refractivity contribution in [1.29, 1.82) is 0 Å². The first kappa shape index (κ1) is 12.9. The van der Waals surface area contributed by atoms with Crippen LogP contribution < -0.4 is 4.74 Å². The van der Waals surface area contributed by atoms with Gasteiger partial charge in [-0.1, -0.05) is 30.3 Å². The number of hydrogen-bond donors (Lipinski definition) is 0. The summed E-state index contributed by atoms with van der Waals surface area (Å²) in [5, 5.41) is 1.09. The minimum absolute atomic E-state index is 0.109. The van der Waals surface area contributed by atoms with Crippen LogP contribution in [0.25, 0.3) is 10.1 Å². The molecule has 0 N–H and O–H groups in total. The smallest absolute Gasteiger partial charge is 0.169 e. The Hall–Kier alpha value is -2.13. The van der Waals surface area contributed by atoms with Gasteiger partial charge in [0.25, 0.3) is 0 Å². The van der Waals surface area contributed by atoms with Gasteiger partial charge in [0.1, 0.15) is 12.4 Å². The van der Waals surface area contributed by atoms with Crippen LogP contribution in [0.15, 0.2) is 54.6 Å². The normalized spacial score (nSPS) is 10.7. The Bertz CT molecular complexity index is 744. The number of rotatable bonds is 4. The van der Waals surface area contributed by atoms with Gasteiger partial charge in [0.2, 0.25) is 0 Å². The number of ketones is 1. The number of carbonyl (C=O) groups is 1. The third-order valence-corrected chi connectivity index (χ3v) is 4.29. The maximum atomic E-state index is 11.4. The first-order valence-electron chi connectivity index (χ1n) is 6.43. The standard InChI is InChI=1S/C17H14O2S/c1-12(18)16-9-14-7-8-15(10-17(14)20-16)19-11-13-5-3-2-4-6-13/h2-10H,11H2,1H3. The van der Waals surface area contributed by atoms with Crippen LogP contribution in [0.3, 0.4) is 0 Å². The van der Waals surface area contributed by atoms with Crippen LogP contribution in [0.5, 0.6) is 5.75 Å². The zero-order valence-electron chi connectivity index (χ0n) is 11.1. The van der Waals surface area contributed by atoms with E-state index in [0.717, 1.165) is 26.3 Å². The molecule has 100 valence electrons. The van der Waals surface area contributed by atoms with Crippen molar-refractivity contribution in [1.82, 2.24) is 0 Å². The summed E-state index contributed by atoms with van der Waals surface area (Å²) in [4.78, 5) is 12.2. The number of carbonyl (C=O) groups excluding carboxylic acids is 1. The van der Waals surface area contributed by atoms with Crippen molar-refractivity contribution in [2.45, 2.75) is 13.5 Å². The Balaban J connectivity index is 1.80. The Labute approximate surface area is 121 Å². The fourth-order valence-electron chi connectivity index (χ4n) is 2.02. The molecule has 3 heteroatoms. The minimum atomic E-state index is 0.109. The van der Waals surface area contributed by atoms with Crippen molar-refractivity contribution in [2.24, 2.45) is 0 Å². The van der Waals surface area contributed by atoms with Gasteiger partial charge in [-0.15, -0.1) is 11.3 Å². The second-order valence-electron chi connectivity index (χ2n) is 4.64. The summed E-state index contributed by atoms with van der Waals surface area (Å²) in [5.41, 5.74) is 1.14. The summed E-state index contributed by atoms with van der Waals surface area (Å²) in [6.07, 6.45) is 0. The summed E-state index contributed by atoms with van der Waals surface area (Å²) >= 11 is 1.51. The van der Waals surface area contributed by atoms with Crippen LogP contribution in [0.1, 0.15) is 22.2 Å². The highest BCUT2D eigenvalue weighted by atomic mass is 32.1. The summed E-state index contributed by atoms with van der Waals surface area (Å²) in [6, 6.07) is 17.9. The number of ether oxygens (including phenoxy) is 1. The molecule has 0 aliphatic carbocycles. The molecule has 0 radical (unpaired) electrons. The van der Waals surface area contributed by atoms with E-state index in [2.05, 4.69) is 0 Å². The first-order valence-corrected chi connectivity index (χ1v) is 7.25. The van der Waals surface area contributed by atoms with Crippen molar-refractivity contribution in [2.75, 3.05) is 0 Å². The molecule has 1 aromatic heterocycles. The molecule has 0 aliphatic rings. The maximum Gasteiger partial charge on any atom is 0.169 e. The van der Waals surface area contributed by atoms with E-state index >= 15 is 0 Å². The van der Waals surface area contributed by atoms with Gasteiger partial charge in [0.05, 0.1) is 4.88 Å². The van der Waals surface area contributed by atoms with E-state index in [1.54, 1.807) is 6.92 Å². The quantitative estimate of drug-likeness (QED) is 0.649. The van der Waals surface area contributed by atoms with Crippen molar-refractivity contribution >= 4 is 27.2 Å². The molecule has 0 amide bonds. The number of thiophene rings is 1. The van der Waals surface area contributed by atoms with E-state index < -0.39 is 0 Å². The van der Waals surface area contributed by atoms with Crippen LogP contribution in [0, 0.1) is 0 Å². The number of benzene rings is 2. The Morgan fingerprint density at radius 2 is 1.90 bits per heavy atom. The monoisotopic (exact) mass is 282 g/mol. The van der Waals surface area contributed by atoms with Crippen LogP contribution in [0.2, 0.25) is 0 Å². The Morgan fingerprint density at radius 3 is 2.65 bits per heavy atom. The van der Waals surface area contributed by atoms with E-state index in [1.165, 1.54) is 11.3 Å². The molecule has 0 atom stereocenters. The van der Waals surface area contributed by atoms with Crippen LogP contribution in [-0.4, -0.2) is 5.78 Å². The second kappa shape index (κ2) is 5.47. The van der Waals surface area contributed by atoms with Gasteiger partial charge in [-0.25, -0.2) is 0 Å². The second-order valence-corrected chi connectivity index (χ2v) is 5.72. The van der Waals surface area contributed by atoms with E-state index in [-0.39, 0.29) is 5.78 Å². The van der Waals surface area contributed by atoms with Gasteiger partial charge in [-0.3, -0.25) is 4.79 Å². The first-order chi connectivity index (χ1) is 9.72. The molecular formula is C17H14O2S. The number of Topliss-reactive ketones (excluding diaryl/α,β-unsaturated/α-hetero) is 1. The molecular weight excluding hydrogens is 268 g/mol. The predicted octanol–water partition coefficient (Wildman–Crippen LogP) is 4.68. The highest BCUT2D eigenvalue weighted by Crippen LogP contribution is 2.29. The highest BCUT2D eigenvalue weighted by Gasteiger charge is 2.06. The van der Waals surface area contributed by atoms with Crippen molar-refractivity contribution < 1.29 is 9.53 Å². The van der Waals surface area contributed by atoms with Crippen molar-refractivity contribution in [3.8, 4) is 5.75 Å². The third-order valence-electron chi connectivity index (χ3n) is 3.09. The van der Waals surface area contributed by atoms with Gasteiger partial charge < -0.3 is 4.74 Å². The SMILES string of the molecule is CC(=O)c1cc2ccc(OCc3ccccc3)cc2s1. The molecule has 2 aromatic carbocycles. The Morgan fingerprint density at radius 1 is 1.10 bits per heavy atom. The molecule has 0 bridgehead atoms. The molecule has 20 heavy (non-hydrogen) atoms. The lowest BCUT2D eigenvalue weighted by atomic mass is 10.2. The van der Waals surface area contributed by atoms with Gasteiger partial charge in [-0.2, -0.15) is 0 Å². The molecule has 0 spiro atoms. The topological polar surface area (TPSA) is 26.3 Å². The average Bonchev–Trinajstić information content (AvgIpc) is 2.89. The van der Waals surface area contributed by atoms with E-state index in [9.17, 15) is 4.79 Å². The number of fused-ring (bicyclic) bond motifs is 1. The molecule has 0 saturated carbocycles. The molecule has 1 heterocycles. The van der Waals surface area contributed by atoms with Crippen LogP contribution >= 0.6 is 11.3 Å². The fourth-order valence-corrected chi connectivity index (χ4v) is 3.00. The molecule has 3 aromatic rings. The van der Waals surface area contributed by atoms with Gasteiger partial charge in [0, 0.05) is 4.70 Å². The molecule has 2 nitrogen and oxygen atoms in total. The summed E-state index contributed by atoms with van der Waals surface area (Å²) in [5.74, 6) is 0.941. The summed E-state index contributed by atoms with van der Waals surface area (Å²) in [7, 11) is 0. The van der Waals surface area contributed by atoms with Crippen LogP contribution in [-0.2, 0) is 6.61 Å². The largest absolute Gasteiger partial charge is 0.489 e. The zero-order chi connectivity index (χ0) is 13.9. The molecule has 0 aliphatic heterocycles. The third kappa shape index (κ3) is 2.73. The van der Waals surface area contributed by atoms with Gasteiger partial charge in [-0.05, 0) is 42.1 Å². The average molecular weight is 282 g/mol. The summed E-state index contributed by atoms with van der Waals surface area (Å²) in [6.45, 7) is 2.15. The van der Waals surface area contributed by atoms with E-state index in [0.29, 0.717) is 6.61 Å².